The SMILES string of the molecule is C=CCOC(=O)NC(C(=O)O)c1ccc2c(c1)CCO2. The standard InChI is InChI=1S/C14H15NO5/c1-2-6-20-14(18)15-12(13(16)17)10-3-4-11-9(8-10)5-7-19-11/h2-4,8,12H,1,5-7H2,(H,15,18)(H,16,17). The van der Waals surface area contributed by atoms with Gasteiger partial charge in [0.25, 0.3) is 0 Å². The van der Waals surface area contributed by atoms with Crippen molar-refractivity contribution in [2.75, 3.05) is 13.2 Å². The largest absolute Gasteiger partial charge is 0.493 e. The number of carbonyl (C=O) groups excluding carboxylic acids is 1. The van der Waals surface area contributed by atoms with Gasteiger partial charge in [-0.25, -0.2) is 9.59 Å². The number of carbonyl (C=O) groups is 2. The van der Waals surface area contributed by atoms with Gasteiger partial charge in [0.15, 0.2) is 6.04 Å². The Labute approximate surface area is 116 Å². The molecule has 0 aliphatic carbocycles. The molecule has 2 N–H and O–H groups in total. The molecule has 0 fully saturated rings. The number of carboxylic acid groups (broad SMARTS) is 1. The summed E-state index contributed by atoms with van der Waals surface area (Å²) >= 11 is 0. The molecular weight excluding hydrogens is 262 g/mol. The molecule has 106 valence electrons. The van der Waals surface area contributed by atoms with Crippen LogP contribution in [0.5, 0.6) is 5.75 Å². The Bertz CT molecular complexity index is 540. The Morgan fingerprint density at radius 2 is 2.35 bits per heavy atom. The van der Waals surface area contributed by atoms with Crippen LogP contribution in [0.15, 0.2) is 30.9 Å². The van der Waals surface area contributed by atoms with Gasteiger partial charge in [-0.3, -0.25) is 0 Å². The van der Waals surface area contributed by atoms with E-state index in [0.717, 1.165) is 17.7 Å². The van der Waals surface area contributed by atoms with Crippen molar-refractivity contribution in [3.05, 3.63) is 42.0 Å². The first-order chi connectivity index (χ1) is 9.61. The first-order valence-corrected chi connectivity index (χ1v) is 6.14. The molecule has 1 aliphatic rings. The summed E-state index contributed by atoms with van der Waals surface area (Å²) in [4.78, 5) is 22.7. The van der Waals surface area contributed by atoms with Crippen LogP contribution in [0.2, 0.25) is 0 Å². The molecule has 6 heteroatoms. The molecule has 2 rings (SSSR count). The van der Waals surface area contributed by atoms with Crippen molar-refractivity contribution < 1.29 is 24.2 Å². The number of hydrogen-bond acceptors (Lipinski definition) is 4. The minimum absolute atomic E-state index is 0.0240. The third-order valence-electron chi connectivity index (χ3n) is 2.89. The molecule has 0 spiro atoms. The number of hydrogen-bond donors (Lipinski definition) is 2. The van der Waals surface area contributed by atoms with Crippen LogP contribution in [0.25, 0.3) is 0 Å². The lowest BCUT2D eigenvalue weighted by atomic mass is 10.0. The topological polar surface area (TPSA) is 84.9 Å². The molecule has 0 aromatic heterocycles. The predicted octanol–water partition coefficient (Wildman–Crippen LogP) is 1.66. The Morgan fingerprint density at radius 3 is 3.05 bits per heavy atom. The first-order valence-electron chi connectivity index (χ1n) is 6.14. The molecule has 20 heavy (non-hydrogen) atoms. The fourth-order valence-corrected chi connectivity index (χ4v) is 1.97. The van der Waals surface area contributed by atoms with Crippen molar-refractivity contribution in [1.82, 2.24) is 5.32 Å². The molecule has 0 bridgehead atoms. The number of fused-ring (bicyclic) bond motifs is 1. The molecule has 1 aromatic rings. The third kappa shape index (κ3) is 3.09. The van der Waals surface area contributed by atoms with Crippen LogP contribution >= 0.6 is 0 Å². The zero-order valence-electron chi connectivity index (χ0n) is 10.8. The second kappa shape index (κ2) is 6.10. The summed E-state index contributed by atoms with van der Waals surface area (Å²) in [6.45, 7) is 4.02. The highest BCUT2D eigenvalue weighted by Gasteiger charge is 2.24. The predicted molar refractivity (Wildman–Crippen MR) is 70.7 cm³/mol. The van der Waals surface area contributed by atoms with Gasteiger partial charge in [-0.05, 0) is 23.3 Å². The van der Waals surface area contributed by atoms with Crippen LogP contribution in [0.1, 0.15) is 17.2 Å². The lowest BCUT2D eigenvalue weighted by Gasteiger charge is -2.15. The average molecular weight is 277 g/mol. The van der Waals surface area contributed by atoms with Gasteiger partial charge in [0.05, 0.1) is 6.61 Å². The van der Waals surface area contributed by atoms with Crippen LogP contribution in [-0.2, 0) is 16.0 Å². The molecule has 1 amide bonds. The van der Waals surface area contributed by atoms with Crippen LogP contribution in [0.4, 0.5) is 4.79 Å². The summed E-state index contributed by atoms with van der Waals surface area (Å²) in [5.74, 6) is -0.397. The molecule has 6 nitrogen and oxygen atoms in total. The Balaban J connectivity index is 2.14. The smallest absolute Gasteiger partial charge is 0.408 e. The number of carboxylic acids is 1. The average Bonchev–Trinajstić information content (AvgIpc) is 2.89. The van der Waals surface area contributed by atoms with Crippen molar-refractivity contribution >= 4 is 12.1 Å². The third-order valence-corrected chi connectivity index (χ3v) is 2.89. The van der Waals surface area contributed by atoms with Gasteiger partial charge < -0.3 is 19.9 Å². The highest BCUT2D eigenvalue weighted by Crippen LogP contribution is 2.28. The van der Waals surface area contributed by atoms with Crippen LogP contribution in [0.3, 0.4) is 0 Å². The quantitative estimate of drug-likeness (QED) is 0.799. The van der Waals surface area contributed by atoms with Gasteiger partial charge in [-0.15, -0.1) is 0 Å². The van der Waals surface area contributed by atoms with Crippen LogP contribution < -0.4 is 10.1 Å². The van der Waals surface area contributed by atoms with E-state index in [4.69, 9.17) is 9.47 Å². The van der Waals surface area contributed by atoms with Gasteiger partial charge in [0.1, 0.15) is 12.4 Å². The summed E-state index contributed by atoms with van der Waals surface area (Å²) in [5.41, 5.74) is 1.42. The fraction of sp³-hybridized carbons (Fsp3) is 0.286. The molecule has 1 aliphatic heterocycles. The molecule has 0 saturated carbocycles. The molecule has 0 saturated heterocycles. The number of nitrogens with one attached hydrogen (secondary N) is 1. The summed E-state index contributed by atoms with van der Waals surface area (Å²) in [7, 11) is 0. The van der Waals surface area contributed by atoms with E-state index in [1.807, 2.05) is 0 Å². The Morgan fingerprint density at radius 1 is 1.55 bits per heavy atom. The van der Waals surface area contributed by atoms with Gasteiger partial charge in [0, 0.05) is 6.42 Å². The number of amides is 1. The monoisotopic (exact) mass is 277 g/mol. The van der Waals surface area contributed by atoms with E-state index >= 15 is 0 Å². The number of ether oxygens (including phenoxy) is 2. The van der Waals surface area contributed by atoms with Crippen molar-refractivity contribution in [3.63, 3.8) is 0 Å². The van der Waals surface area contributed by atoms with Crippen LogP contribution in [-0.4, -0.2) is 30.4 Å². The summed E-state index contributed by atoms with van der Waals surface area (Å²) in [5, 5.41) is 11.5. The molecule has 0 radical (unpaired) electrons. The maximum Gasteiger partial charge on any atom is 0.408 e. The van der Waals surface area contributed by atoms with E-state index in [1.165, 1.54) is 6.08 Å². The van der Waals surface area contributed by atoms with E-state index in [2.05, 4.69) is 11.9 Å². The fourth-order valence-electron chi connectivity index (χ4n) is 1.97. The molecule has 1 unspecified atom stereocenters. The highest BCUT2D eigenvalue weighted by atomic mass is 16.5. The molecular formula is C14H15NO5. The number of aliphatic carboxylic acids is 1. The summed E-state index contributed by atoms with van der Waals surface area (Å²) < 4.78 is 10.1. The van der Waals surface area contributed by atoms with E-state index in [-0.39, 0.29) is 6.61 Å². The normalized spacial score (nSPS) is 13.8. The molecule has 1 heterocycles. The van der Waals surface area contributed by atoms with Crippen molar-refractivity contribution in [3.8, 4) is 5.75 Å². The minimum atomic E-state index is -1.15. The molecule has 1 aromatic carbocycles. The van der Waals surface area contributed by atoms with E-state index in [9.17, 15) is 14.7 Å². The highest BCUT2D eigenvalue weighted by molar-refractivity contribution is 5.81. The second-order valence-electron chi connectivity index (χ2n) is 4.27. The van der Waals surface area contributed by atoms with Crippen molar-refractivity contribution in [2.24, 2.45) is 0 Å². The minimum Gasteiger partial charge on any atom is -0.493 e. The van der Waals surface area contributed by atoms with Gasteiger partial charge >= 0.3 is 12.1 Å². The maximum atomic E-state index is 11.5. The summed E-state index contributed by atoms with van der Waals surface area (Å²) in [6.07, 6.45) is 1.34. The van der Waals surface area contributed by atoms with Gasteiger partial charge in [-0.1, -0.05) is 18.7 Å². The summed E-state index contributed by atoms with van der Waals surface area (Å²) in [6, 6.07) is 3.91. The first kappa shape index (κ1) is 13.9. The van der Waals surface area contributed by atoms with Gasteiger partial charge in [0.2, 0.25) is 0 Å². The Hall–Kier alpha value is -2.50. The number of benzene rings is 1. The van der Waals surface area contributed by atoms with Crippen molar-refractivity contribution in [1.29, 1.82) is 0 Å². The van der Waals surface area contributed by atoms with Crippen LogP contribution in [0, 0.1) is 0 Å². The zero-order valence-corrected chi connectivity index (χ0v) is 10.8. The van der Waals surface area contributed by atoms with Gasteiger partial charge in [-0.2, -0.15) is 0 Å². The van der Waals surface area contributed by atoms with E-state index in [0.29, 0.717) is 12.2 Å². The second-order valence-corrected chi connectivity index (χ2v) is 4.27. The van der Waals surface area contributed by atoms with Crippen molar-refractivity contribution in [2.45, 2.75) is 12.5 Å². The number of alkyl carbamates (subject to hydrolysis) is 1. The van der Waals surface area contributed by atoms with E-state index in [1.54, 1.807) is 18.2 Å². The van der Waals surface area contributed by atoms with E-state index < -0.39 is 18.1 Å². The zero-order chi connectivity index (χ0) is 14.5. The lowest BCUT2D eigenvalue weighted by Crippen LogP contribution is -2.34. The lowest BCUT2D eigenvalue weighted by molar-refractivity contribution is -0.139. The number of rotatable bonds is 5. The maximum absolute atomic E-state index is 11.5. The Kier molecular flexibility index (Phi) is 4.24. The molecule has 1 atom stereocenters.